The average Bonchev–Trinajstić information content (AvgIpc) is 3.42. The van der Waals surface area contributed by atoms with E-state index in [1.807, 2.05) is 11.4 Å². The van der Waals surface area contributed by atoms with Crippen molar-refractivity contribution < 1.29 is 19.1 Å². The van der Waals surface area contributed by atoms with Gasteiger partial charge in [0.25, 0.3) is 0 Å². The molecule has 0 spiro atoms. The maximum absolute atomic E-state index is 11.9. The summed E-state index contributed by atoms with van der Waals surface area (Å²) in [7, 11) is 1.32. The molecule has 0 atom stereocenters. The van der Waals surface area contributed by atoms with E-state index in [0.29, 0.717) is 25.4 Å². The fourth-order valence-corrected chi connectivity index (χ4v) is 4.76. The molecule has 0 bridgehead atoms. The topological polar surface area (TPSA) is 97.8 Å². The minimum Gasteiger partial charge on any atom is -0.463 e. The molecule has 0 radical (unpaired) electrons. The molecule has 0 aromatic carbocycles. The van der Waals surface area contributed by atoms with Crippen LogP contribution < -0.4 is 9.80 Å². The Kier molecular flexibility index (Phi) is 5.58. The molecule has 4 rings (SSSR count). The van der Waals surface area contributed by atoms with E-state index in [4.69, 9.17) is 9.47 Å². The van der Waals surface area contributed by atoms with Gasteiger partial charge in [-0.2, -0.15) is 0 Å². The summed E-state index contributed by atoms with van der Waals surface area (Å²) < 4.78 is 10.7. The lowest BCUT2D eigenvalue weighted by Gasteiger charge is -2.35. The van der Waals surface area contributed by atoms with Gasteiger partial charge in [-0.1, -0.05) is 0 Å². The predicted molar refractivity (Wildman–Crippen MR) is 111 cm³/mol. The summed E-state index contributed by atoms with van der Waals surface area (Å²) in [6.45, 7) is 4.96. The lowest BCUT2D eigenvalue weighted by molar-refractivity contribution is 0.0519. The number of nitrogens with zero attached hydrogens (tertiary/aromatic N) is 5. The average molecular weight is 434 g/mol. The molecule has 9 nitrogen and oxygen atoms in total. The molecule has 0 unspecified atom stereocenters. The molecular formula is C18H19N5O4S2. The highest BCUT2D eigenvalue weighted by Gasteiger charge is 2.25. The van der Waals surface area contributed by atoms with E-state index in [-0.39, 0.29) is 5.82 Å². The first kappa shape index (κ1) is 19.5. The fraction of sp³-hybridized carbons (Fsp3) is 0.389. The number of aromatic nitrogens is 3. The molecular weight excluding hydrogens is 414 g/mol. The van der Waals surface area contributed by atoms with Crippen LogP contribution in [0, 0.1) is 0 Å². The van der Waals surface area contributed by atoms with Crippen LogP contribution in [-0.2, 0) is 9.47 Å². The maximum Gasteiger partial charge on any atom is 0.376 e. The Morgan fingerprint density at radius 1 is 1.07 bits per heavy atom. The Hall–Kier alpha value is -2.79. The molecule has 11 heteroatoms. The summed E-state index contributed by atoms with van der Waals surface area (Å²) in [5, 5.41) is 4.46. The van der Waals surface area contributed by atoms with Crippen molar-refractivity contribution in [2.45, 2.75) is 6.92 Å². The van der Waals surface area contributed by atoms with Crippen LogP contribution in [-0.4, -0.2) is 66.8 Å². The number of ether oxygens (including phenoxy) is 2. The Labute approximate surface area is 174 Å². The van der Waals surface area contributed by atoms with Crippen LogP contribution in [0.5, 0.6) is 0 Å². The van der Waals surface area contributed by atoms with Crippen molar-refractivity contribution in [1.29, 1.82) is 0 Å². The van der Waals surface area contributed by atoms with Gasteiger partial charge in [-0.3, -0.25) is 0 Å². The van der Waals surface area contributed by atoms with Crippen LogP contribution in [0.1, 0.15) is 28.0 Å². The number of anilines is 2. The highest BCUT2D eigenvalue weighted by molar-refractivity contribution is 7.17. The molecule has 29 heavy (non-hydrogen) atoms. The van der Waals surface area contributed by atoms with Crippen LogP contribution >= 0.6 is 22.7 Å². The second-order valence-electron chi connectivity index (χ2n) is 6.21. The third-order valence-electron chi connectivity index (χ3n) is 4.48. The summed E-state index contributed by atoms with van der Waals surface area (Å²) >= 11 is 2.98. The number of hydrogen-bond donors (Lipinski definition) is 0. The van der Waals surface area contributed by atoms with Gasteiger partial charge in [0.2, 0.25) is 5.82 Å². The number of hydrogen-bond acceptors (Lipinski definition) is 11. The lowest BCUT2D eigenvalue weighted by Crippen LogP contribution is -2.47. The van der Waals surface area contributed by atoms with Gasteiger partial charge in [0.1, 0.15) is 0 Å². The predicted octanol–water partition coefficient (Wildman–Crippen LogP) is 2.44. The molecule has 4 heterocycles. The monoisotopic (exact) mass is 433 g/mol. The Morgan fingerprint density at radius 2 is 1.83 bits per heavy atom. The summed E-state index contributed by atoms with van der Waals surface area (Å²) in [6.07, 6.45) is 0. The number of carbonyl (C=O) groups excluding carboxylic acids is 2. The molecule has 1 aliphatic heterocycles. The minimum absolute atomic E-state index is 0.0647. The number of methoxy groups -OCH3 is 1. The number of thiazole rings is 1. The SMILES string of the molecule is CCOC(=O)c1csc(N2CCN(c3nc(C(=O)OC)nc4ccsc34)CC2)n1. The summed E-state index contributed by atoms with van der Waals surface area (Å²) in [5.74, 6) is -0.136. The van der Waals surface area contributed by atoms with Gasteiger partial charge < -0.3 is 19.3 Å². The first-order valence-corrected chi connectivity index (χ1v) is 10.8. The van der Waals surface area contributed by atoms with E-state index in [2.05, 4.69) is 24.8 Å². The Bertz CT molecular complexity index is 1040. The van der Waals surface area contributed by atoms with Gasteiger partial charge in [-0.25, -0.2) is 24.5 Å². The molecule has 0 amide bonds. The third kappa shape index (κ3) is 3.87. The van der Waals surface area contributed by atoms with E-state index < -0.39 is 11.9 Å². The van der Waals surface area contributed by atoms with Crippen molar-refractivity contribution in [2.75, 3.05) is 49.7 Å². The first-order valence-electron chi connectivity index (χ1n) is 9.06. The van der Waals surface area contributed by atoms with Crippen LogP contribution in [0.3, 0.4) is 0 Å². The van der Waals surface area contributed by atoms with E-state index in [0.717, 1.165) is 34.3 Å². The van der Waals surface area contributed by atoms with Crippen molar-refractivity contribution >= 4 is 55.8 Å². The summed E-state index contributed by atoms with van der Waals surface area (Å²) in [5.41, 5.74) is 1.08. The highest BCUT2D eigenvalue weighted by Crippen LogP contribution is 2.31. The number of esters is 2. The van der Waals surface area contributed by atoms with Crippen molar-refractivity contribution in [1.82, 2.24) is 15.0 Å². The fourth-order valence-electron chi connectivity index (χ4n) is 3.06. The molecule has 1 saturated heterocycles. The lowest BCUT2D eigenvalue weighted by atomic mass is 10.3. The van der Waals surface area contributed by atoms with E-state index in [9.17, 15) is 9.59 Å². The number of carbonyl (C=O) groups is 2. The smallest absolute Gasteiger partial charge is 0.376 e. The third-order valence-corrected chi connectivity index (χ3v) is 6.28. The number of thiophene rings is 1. The largest absolute Gasteiger partial charge is 0.463 e. The molecule has 0 N–H and O–H groups in total. The molecule has 0 aliphatic carbocycles. The first-order chi connectivity index (χ1) is 14.1. The molecule has 3 aromatic heterocycles. The van der Waals surface area contributed by atoms with E-state index >= 15 is 0 Å². The van der Waals surface area contributed by atoms with Crippen molar-refractivity contribution in [3.63, 3.8) is 0 Å². The van der Waals surface area contributed by atoms with E-state index in [1.54, 1.807) is 23.6 Å². The van der Waals surface area contributed by atoms with Crippen LogP contribution in [0.2, 0.25) is 0 Å². The zero-order valence-corrected chi connectivity index (χ0v) is 17.6. The van der Waals surface area contributed by atoms with Gasteiger partial charge in [0, 0.05) is 31.6 Å². The quantitative estimate of drug-likeness (QED) is 0.562. The molecule has 152 valence electrons. The zero-order chi connectivity index (χ0) is 20.4. The zero-order valence-electron chi connectivity index (χ0n) is 16.0. The minimum atomic E-state index is -0.549. The second-order valence-corrected chi connectivity index (χ2v) is 7.96. The van der Waals surface area contributed by atoms with Gasteiger partial charge in [-0.05, 0) is 18.4 Å². The van der Waals surface area contributed by atoms with Crippen molar-refractivity contribution in [3.8, 4) is 0 Å². The Morgan fingerprint density at radius 3 is 2.55 bits per heavy atom. The molecule has 0 saturated carbocycles. The normalized spacial score (nSPS) is 14.3. The number of piperazine rings is 1. The summed E-state index contributed by atoms with van der Waals surface area (Å²) in [6, 6.07) is 1.88. The number of fused-ring (bicyclic) bond motifs is 1. The molecule has 3 aromatic rings. The van der Waals surface area contributed by atoms with Gasteiger partial charge >= 0.3 is 11.9 Å². The van der Waals surface area contributed by atoms with Crippen LogP contribution in [0.4, 0.5) is 10.9 Å². The summed E-state index contributed by atoms with van der Waals surface area (Å²) in [4.78, 5) is 41.2. The second kappa shape index (κ2) is 8.29. The highest BCUT2D eigenvalue weighted by atomic mass is 32.1. The van der Waals surface area contributed by atoms with E-state index in [1.165, 1.54) is 18.4 Å². The van der Waals surface area contributed by atoms with Crippen molar-refractivity contribution in [2.24, 2.45) is 0 Å². The van der Waals surface area contributed by atoms with Crippen LogP contribution in [0.15, 0.2) is 16.8 Å². The molecule has 1 fully saturated rings. The standard InChI is InChI=1S/C18H19N5O4S2/c1-3-27-16(24)12-10-29-18(20-12)23-7-5-22(6-8-23)15-13-11(4-9-28-13)19-14(21-15)17(25)26-2/h4,9-10H,3,5-8H2,1-2H3. The molecule has 1 aliphatic rings. The maximum atomic E-state index is 11.9. The van der Waals surface area contributed by atoms with Gasteiger partial charge in [0.15, 0.2) is 16.6 Å². The number of rotatable bonds is 5. The van der Waals surface area contributed by atoms with Crippen LogP contribution in [0.25, 0.3) is 10.2 Å². The van der Waals surface area contributed by atoms with Crippen molar-refractivity contribution in [3.05, 3.63) is 28.3 Å². The van der Waals surface area contributed by atoms with Gasteiger partial charge in [-0.15, -0.1) is 22.7 Å². The Balaban J connectivity index is 1.51. The van der Waals surface area contributed by atoms with Gasteiger partial charge in [0.05, 0.1) is 23.9 Å².